The normalized spacial score (nSPS) is 21.8. The number of aromatic amines is 1. The van der Waals surface area contributed by atoms with E-state index in [9.17, 15) is 28.6 Å². The first kappa shape index (κ1) is 24.9. The molecule has 0 saturated carbocycles. The number of nitrogens with zero attached hydrogens (tertiary/aromatic N) is 3. The summed E-state index contributed by atoms with van der Waals surface area (Å²) in [6, 6.07) is 1.98. The van der Waals surface area contributed by atoms with Gasteiger partial charge < -0.3 is 14.6 Å². The quantitative estimate of drug-likeness (QED) is 0.366. The molecule has 1 unspecified atom stereocenters. The van der Waals surface area contributed by atoms with Crippen molar-refractivity contribution in [1.82, 2.24) is 19.9 Å². The minimum Gasteiger partial charge on any atom is -0.370 e. The number of amides is 1. The number of likely N-dealkylation sites (tertiary alicyclic amines) is 1. The van der Waals surface area contributed by atoms with Gasteiger partial charge >= 0.3 is 10.2 Å². The standard InChI is InChI=1S/C23H24F6N4O2S/c24-17-13-30-22-20(31-21(32-22)18-3-1-2-12-35-18)19(17)14-8-10-33(11-9-14)23(34)15-4-6-16(7-5-15)36(25,26,27,28)29/h4-7,13-14,18H,1-3,8-12H2,(H,30,31,32). The Bertz CT molecular complexity index is 1300. The van der Waals surface area contributed by atoms with E-state index in [-0.39, 0.29) is 42.8 Å². The van der Waals surface area contributed by atoms with Crippen molar-refractivity contribution in [3.05, 3.63) is 53.2 Å². The molecule has 1 aromatic carbocycles. The highest BCUT2D eigenvalue weighted by Gasteiger charge is 2.65. The molecular weight excluding hydrogens is 510 g/mol. The molecule has 0 spiro atoms. The Balaban J connectivity index is 1.31. The fourth-order valence-corrected chi connectivity index (χ4v) is 5.52. The number of benzene rings is 1. The summed E-state index contributed by atoms with van der Waals surface area (Å²) >= 11 is 0. The van der Waals surface area contributed by atoms with E-state index < -0.39 is 26.8 Å². The molecule has 36 heavy (non-hydrogen) atoms. The summed E-state index contributed by atoms with van der Waals surface area (Å²) in [5.74, 6) is -0.717. The zero-order chi connectivity index (χ0) is 25.8. The van der Waals surface area contributed by atoms with Gasteiger partial charge in [-0.15, -0.1) is 0 Å². The second-order valence-corrected chi connectivity index (χ2v) is 11.7. The third kappa shape index (κ3) is 4.90. The van der Waals surface area contributed by atoms with E-state index in [2.05, 4.69) is 15.0 Å². The van der Waals surface area contributed by atoms with E-state index in [4.69, 9.17) is 4.74 Å². The molecule has 0 aliphatic carbocycles. The van der Waals surface area contributed by atoms with Gasteiger partial charge in [-0.1, -0.05) is 19.4 Å². The number of hydrogen-bond donors (Lipinski definition) is 1. The number of fused-ring (bicyclic) bond motifs is 1. The number of pyridine rings is 1. The molecule has 5 rings (SSSR count). The van der Waals surface area contributed by atoms with Crippen molar-refractivity contribution >= 4 is 27.3 Å². The Morgan fingerprint density at radius 1 is 1.03 bits per heavy atom. The molecule has 3 aromatic rings. The van der Waals surface area contributed by atoms with Gasteiger partial charge in [-0.2, -0.15) is 0 Å². The van der Waals surface area contributed by atoms with Crippen LogP contribution in [0, 0.1) is 5.82 Å². The first-order chi connectivity index (χ1) is 16.8. The van der Waals surface area contributed by atoms with Crippen LogP contribution in [0.25, 0.3) is 11.2 Å². The summed E-state index contributed by atoms with van der Waals surface area (Å²) in [5, 5.41) is 0. The SMILES string of the molecule is O=C(c1ccc(S(F)(F)(F)(F)F)cc1)N1CCC(c2c(F)cnc3[nH]c(C4CCCCO4)nc23)CC1. The first-order valence-electron chi connectivity index (χ1n) is 11.6. The molecule has 1 N–H and O–H groups in total. The summed E-state index contributed by atoms with van der Waals surface area (Å²) in [6.45, 7) is 1.07. The highest BCUT2D eigenvalue weighted by Crippen LogP contribution is 3.02. The number of rotatable bonds is 4. The number of halogens is 6. The van der Waals surface area contributed by atoms with Crippen molar-refractivity contribution in [2.45, 2.75) is 49.0 Å². The average Bonchev–Trinajstić information content (AvgIpc) is 3.27. The monoisotopic (exact) mass is 534 g/mol. The smallest absolute Gasteiger partial charge is 0.310 e. The molecule has 6 nitrogen and oxygen atoms in total. The predicted octanol–water partition coefficient (Wildman–Crippen LogP) is 7.02. The number of hydrogen-bond acceptors (Lipinski definition) is 4. The Kier molecular flexibility index (Phi) is 5.60. The molecule has 1 atom stereocenters. The van der Waals surface area contributed by atoms with Crippen LogP contribution in [0.3, 0.4) is 0 Å². The van der Waals surface area contributed by atoms with Gasteiger partial charge in [0.15, 0.2) is 5.65 Å². The fraction of sp³-hybridized carbons (Fsp3) is 0.435. The average molecular weight is 535 g/mol. The third-order valence-corrected chi connectivity index (χ3v) is 7.91. The molecule has 1 amide bonds. The molecule has 2 fully saturated rings. The van der Waals surface area contributed by atoms with Gasteiger partial charge in [-0.3, -0.25) is 4.79 Å². The molecule has 196 valence electrons. The van der Waals surface area contributed by atoms with E-state index in [0.717, 1.165) is 37.6 Å². The number of H-pyrrole nitrogens is 1. The topological polar surface area (TPSA) is 71.1 Å². The van der Waals surface area contributed by atoms with Crippen molar-refractivity contribution in [2.75, 3.05) is 19.7 Å². The van der Waals surface area contributed by atoms with Crippen molar-refractivity contribution in [2.24, 2.45) is 0 Å². The number of carbonyl (C=O) groups excluding carboxylic acids is 1. The van der Waals surface area contributed by atoms with Crippen LogP contribution in [0.2, 0.25) is 0 Å². The number of imidazole rings is 1. The molecule has 2 aromatic heterocycles. The third-order valence-electron chi connectivity index (χ3n) is 6.74. The summed E-state index contributed by atoms with van der Waals surface area (Å²) in [4.78, 5) is 24.0. The van der Waals surface area contributed by atoms with Crippen LogP contribution in [-0.4, -0.2) is 45.5 Å². The van der Waals surface area contributed by atoms with Crippen LogP contribution in [0.1, 0.15) is 65.9 Å². The van der Waals surface area contributed by atoms with Crippen molar-refractivity contribution in [3.8, 4) is 0 Å². The lowest BCUT2D eigenvalue weighted by Crippen LogP contribution is -2.38. The largest absolute Gasteiger partial charge is 0.370 e. The van der Waals surface area contributed by atoms with E-state index in [1.807, 2.05) is 0 Å². The van der Waals surface area contributed by atoms with Crippen LogP contribution >= 0.6 is 10.2 Å². The van der Waals surface area contributed by atoms with Crippen LogP contribution in [-0.2, 0) is 4.74 Å². The van der Waals surface area contributed by atoms with Crippen LogP contribution in [0.4, 0.5) is 23.8 Å². The minimum atomic E-state index is -9.81. The van der Waals surface area contributed by atoms with Crippen molar-refractivity contribution in [3.63, 3.8) is 0 Å². The molecule has 2 aliphatic rings. The number of piperidine rings is 1. The van der Waals surface area contributed by atoms with E-state index in [0.29, 0.717) is 42.0 Å². The maximum Gasteiger partial charge on any atom is 0.310 e. The first-order valence-corrected chi connectivity index (χ1v) is 13.5. The van der Waals surface area contributed by atoms with Gasteiger partial charge in [0.1, 0.15) is 28.2 Å². The lowest BCUT2D eigenvalue weighted by atomic mass is 9.88. The molecule has 13 heteroatoms. The molecule has 2 aliphatic heterocycles. The summed E-state index contributed by atoms with van der Waals surface area (Å²) in [5.41, 5.74) is 1.17. The number of ether oxygens (including phenoxy) is 1. The molecule has 0 radical (unpaired) electrons. The maximum atomic E-state index is 14.9. The second kappa shape index (κ2) is 8.10. The van der Waals surface area contributed by atoms with E-state index >= 15 is 0 Å². The summed E-state index contributed by atoms with van der Waals surface area (Å²) in [6.07, 6.45) is 4.52. The molecule has 0 bridgehead atoms. The van der Waals surface area contributed by atoms with Gasteiger partial charge in [-0.05, 0) is 62.3 Å². The minimum absolute atomic E-state index is 0.124. The van der Waals surface area contributed by atoms with Gasteiger partial charge in [0, 0.05) is 30.8 Å². The summed E-state index contributed by atoms with van der Waals surface area (Å²) < 4.78 is 85.4. The highest BCUT2D eigenvalue weighted by atomic mass is 32.5. The predicted molar refractivity (Wildman–Crippen MR) is 122 cm³/mol. The van der Waals surface area contributed by atoms with Gasteiger partial charge in [0.05, 0.1) is 6.20 Å². The number of carbonyl (C=O) groups is 1. The lowest BCUT2D eigenvalue weighted by molar-refractivity contribution is 0.0101. The van der Waals surface area contributed by atoms with Gasteiger partial charge in [0.2, 0.25) is 0 Å². The van der Waals surface area contributed by atoms with Gasteiger partial charge in [-0.25, -0.2) is 14.4 Å². The lowest BCUT2D eigenvalue weighted by Gasteiger charge is -2.40. The van der Waals surface area contributed by atoms with Crippen LogP contribution in [0.5, 0.6) is 0 Å². The van der Waals surface area contributed by atoms with Crippen molar-refractivity contribution in [1.29, 1.82) is 0 Å². The Morgan fingerprint density at radius 3 is 2.33 bits per heavy atom. The van der Waals surface area contributed by atoms with Crippen LogP contribution < -0.4 is 0 Å². The Morgan fingerprint density at radius 2 is 1.72 bits per heavy atom. The molecule has 2 saturated heterocycles. The Labute approximate surface area is 202 Å². The zero-order valence-corrected chi connectivity index (χ0v) is 19.8. The van der Waals surface area contributed by atoms with Gasteiger partial charge in [0.25, 0.3) is 5.91 Å². The number of aromatic nitrogens is 3. The fourth-order valence-electron chi connectivity index (χ4n) is 4.87. The van der Waals surface area contributed by atoms with E-state index in [1.54, 1.807) is 0 Å². The molecular formula is C23H24F6N4O2S. The molecule has 4 heterocycles. The summed E-state index contributed by atoms with van der Waals surface area (Å²) in [7, 11) is -9.81. The van der Waals surface area contributed by atoms with E-state index in [1.165, 1.54) is 4.90 Å². The Hall–Kier alpha value is -2.80. The zero-order valence-electron chi connectivity index (χ0n) is 19.0. The highest BCUT2D eigenvalue weighted by molar-refractivity contribution is 8.45. The number of nitrogens with one attached hydrogen (secondary N) is 1. The van der Waals surface area contributed by atoms with Crippen molar-refractivity contribution < 1.29 is 33.4 Å². The maximum absolute atomic E-state index is 14.9. The van der Waals surface area contributed by atoms with Crippen LogP contribution in [0.15, 0.2) is 35.4 Å². The second-order valence-electron chi connectivity index (χ2n) is 9.25.